The average Bonchev–Trinajstić information content (AvgIpc) is 1.77. The lowest BCUT2D eigenvalue weighted by Gasteiger charge is -1.87. The summed E-state index contributed by atoms with van der Waals surface area (Å²) in [5.74, 6) is 0.299. The van der Waals surface area contributed by atoms with Crippen LogP contribution in [-0.4, -0.2) is 10.6 Å². The number of hydrogen-bond acceptors (Lipinski definition) is 1. The van der Waals surface area contributed by atoms with Crippen LogP contribution in [-0.2, 0) is 0 Å². The SMILES string of the molecule is O.Oc1ccc(Br)cc1. The summed E-state index contributed by atoms with van der Waals surface area (Å²) in [6.07, 6.45) is 0. The molecule has 1 aromatic rings. The van der Waals surface area contributed by atoms with E-state index in [-0.39, 0.29) is 5.48 Å². The summed E-state index contributed by atoms with van der Waals surface area (Å²) < 4.78 is 0.982. The summed E-state index contributed by atoms with van der Waals surface area (Å²) in [6.45, 7) is 0. The molecule has 0 spiro atoms. The van der Waals surface area contributed by atoms with E-state index in [1.54, 1.807) is 24.3 Å². The van der Waals surface area contributed by atoms with Gasteiger partial charge in [0.25, 0.3) is 0 Å². The number of phenolic OH excluding ortho intramolecular Hbond substituents is 1. The first-order valence-corrected chi connectivity index (χ1v) is 3.03. The summed E-state index contributed by atoms with van der Waals surface area (Å²) >= 11 is 3.23. The van der Waals surface area contributed by atoms with Crippen LogP contribution < -0.4 is 0 Å². The fraction of sp³-hybridized carbons (Fsp3) is 0. The van der Waals surface area contributed by atoms with E-state index in [9.17, 15) is 0 Å². The van der Waals surface area contributed by atoms with Crippen molar-refractivity contribution < 1.29 is 10.6 Å². The Labute approximate surface area is 61.6 Å². The second-order valence-electron chi connectivity index (χ2n) is 1.48. The predicted octanol–water partition coefficient (Wildman–Crippen LogP) is 1.33. The molecular weight excluding hydrogens is 184 g/mol. The van der Waals surface area contributed by atoms with Gasteiger partial charge in [0.15, 0.2) is 0 Å². The quantitative estimate of drug-likeness (QED) is 0.660. The molecular formula is C6H7BrO2. The minimum Gasteiger partial charge on any atom is -0.508 e. The van der Waals surface area contributed by atoms with Gasteiger partial charge >= 0.3 is 0 Å². The normalized spacial score (nSPS) is 8.11. The van der Waals surface area contributed by atoms with E-state index in [1.165, 1.54) is 0 Å². The van der Waals surface area contributed by atoms with Crippen LogP contribution in [0.5, 0.6) is 5.75 Å². The van der Waals surface area contributed by atoms with Crippen LogP contribution in [0.4, 0.5) is 0 Å². The van der Waals surface area contributed by atoms with Gasteiger partial charge in [-0.3, -0.25) is 0 Å². The van der Waals surface area contributed by atoms with Crippen molar-refractivity contribution in [3.63, 3.8) is 0 Å². The van der Waals surface area contributed by atoms with Crippen LogP contribution in [0.15, 0.2) is 28.7 Å². The van der Waals surface area contributed by atoms with E-state index in [1.807, 2.05) is 0 Å². The third-order valence-corrected chi connectivity index (χ3v) is 1.36. The molecule has 1 aromatic carbocycles. The summed E-state index contributed by atoms with van der Waals surface area (Å²) in [6, 6.07) is 6.83. The highest BCUT2D eigenvalue weighted by molar-refractivity contribution is 9.10. The van der Waals surface area contributed by atoms with Gasteiger partial charge < -0.3 is 10.6 Å². The second kappa shape index (κ2) is 3.48. The highest BCUT2D eigenvalue weighted by Gasteiger charge is 1.83. The smallest absolute Gasteiger partial charge is 0.115 e. The topological polar surface area (TPSA) is 51.7 Å². The van der Waals surface area contributed by atoms with E-state index < -0.39 is 0 Å². The van der Waals surface area contributed by atoms with Crippen LogP contribution in [0.2, 0.25) is 0 Å². The maximum Gasteiger partial charge on any atom is 0.115 e. The molecule has 0 amide bonds. The summed E-state index contributed by atoms with van der Waals surface area (Å²) in [5, 5.41) is 8.74. The lowest BCUT2D eigenvalue weighted by molar-refractivity contribution is 0.475. The fourth-order valence-corrected chi connectivity index (χ4v) is 0.705. The third-order valence-electron chi connectivity index (χ3n) is 0.827. The van der Waals surface area contributed by atoms with Gasteiger partial charge in [0.05, 0.1) is 0 Å². The fourth-order valence-electron chi connectivity index (χ4n) is 0.441. The van der Waals surface area contributed by atoms with E-state index in [0.29, 0.717) is 5.75 Å². The Kier molecular flexibility index (Phi) is 3.27. The minimum atomic E-state index is 0. The Balaban J connectivity index is 0.000000640. The number of hydrogen-bond donors (Lipinski definition) is 1. The van der Waals surface area contributed by atoms with Gasteiger partial charge in [0, 0.05) is 4.47 Å². The van der Waals surface area contributed by atoms with Crippen molar-refractivity contribution in [3.8, 4) is 5.75 Å². The van der Waals surface area contributed by atoms with Crippen molar-refractivity contribution in [1.82, 2.24) is 0 Å². The van der Waals surface area contributed by atoms with Crippen LogP contribution >= 0.6 is 15.9 Å². The zero-order chi connectivity index (χ0) is 5.98. The van der Waals surface area contributed by atoms with Gasteiger partial charge in [-0.15, -0.1) is 0 Å². The van der Waals surface area contributed by atoms with Gasteiger partial charge in [-0.2, -0.15) is 0 Å². The molecule has 0 fully saturated rings. The molecule has 0 bridgehead atoms. The Morgan fingerprint density at radius 1 is 1.11 bits per heavy atom. The predicted molar refractivity (Wildman–Crippen MR) is 39.4 cm³/mol. The van der Waals surface area contributed by atoms with Crippen LogP contribution in [0, 0.1) is 0 Å². The summed E-state index contributed by atoms with van der Waals surface area (Å²) in [5.41, 5.74) is 0. The first-order valence-electron chi connectivity index (χ1n) is 2.23. The Bertz CT molecular complexity index is 150. The average molecular weight is 191 g/mol. The van der Waals surface area contributed by atoms with E-state index >= 15 is 0 Å². The molecule has 0 unspecified atom stereocenters. The largest absolute Gasteiger partial charge is 0.508 e. The van der Waals surface area contributed by atoms with Gasteiger partial charge in [0.2, 0.25) is 0 Å². The van der Waals surface area contributed by atoms with Crippen molar-refractivity contribution in [2.45, 2.75) is 0 Å². The molecule has 0 saturated heterocycles. The van der Waals surface area contributed by atoms with Gasteiger partial charge in [0.1, 0.15) is 5.75 Å². The maximum atomic E-state index is 8.74. The van der Waals surface area contributed by atoms with Gasteiger partial charge in [-0.05, 0) is 24.3 Å². The molecule has 2 nitrogen and oxygen atoms in total. The van der Waals surface area contributed by atoms with Gasteiger partial charge in [-0.25, -0.2) is 0 Å². The van der Waals surface area contributed by atoms with Crippen molar-refractivity contribution in [3.05, 3.63) is 28.7 Å². The van der Waals surface area contributed by atoms with Gasteiger partial charge in [-0.1, -0.05) is 15.9 Å². The number of aromatic hydroxyl groups is 1. The number of benzene rings is 1. The number of phenols is 1. The molecule has 0 aliphatic heterocycles. The molecule has 0 atom stereocenters. The summed E-state index contributed by atoms with van der Waals surface area (Å²) in [4.78, 5) is 0. The second-order valence-corrected chi connectivity index (χ2v) is 2.39. The molecule has 0 aliphatic carbocycles. The van der Waals surface area contributed by atoms with Crippen molar-refractivity contribution in [2.24, 2.45) is 0 Å². The first-order chi connectivity index (χ1) is 3.79. The van der Waals surface area contributed by atoms with Crippen molar-refractivity contribution >= 4 is 15.9 Å². The molecule has 3 heteroatoms. The standard InChI is InChI=1S/C6H5BrO.H2O/c7-5-1-3-6(8)4-2-5;/h1-4,8H;1H2. The highest BCUT2D eigenvalue weighted by Crippen LogP contribution is 2.13. The lowest BCUT2D eigenvalue weighted by atomic mass is 10.3. The molecule has 0 aromatic heterocycles. The monoisotopic (exact) mass is 190 g/mol. The molecule has 0 heterocycles. The minimum absolute atomic E-state index is 0. The number of halogens is 1. The highest BCUT2D eigenvalue weighted by atomic mass is 79.9. The zero-order valence-corrected chi connectivity index (χ0v) is 6.22. The molecule has 0 aliphatic rings. The molecule has 3 N–H and O–H groups in total. The molecule has 9 heavy (non-hydrogen) atoms. The zero-order valence-electron chi connectivity index (χ0n) is 4.63. The van der Waals surface area contributed by atoms with Crippen LogP contribution in [0.3, 0.4) is 0 Å². The third kappa shape index (κ3) is 2.49. The molecule has 0 saturated carbocycles. The Hall–Kier alpha value is -0.540. The molecule has 1 rings (SSSR count). The van der Waals surface area contributed by atoms with Crippen molar-refractivity contribution in [2.75, 3.05) is 0 Å². The van der Waals surface area contributed by atoms with Crippen LogP contribution in [0.25, 0.3) is 0 Å². The van der Waals surface area contributed by atoms with E-state index in [0.717, 1.165) is 4.47 Å². The van der Waals surface area contributed by atoms with E-state index in [4.69, 9.17) is 5.11 Å². The summed E-state index contributed by atoms with van der Waals surface area (Å²) in [7, 11) is 0. The van der Waals surface area contributed by atoms with Crippen molar-refractivity contribution in [1.29, 1.82) is 0 Å². The van der Waals surface area contributed by atoms with E-state index in [2.05, 4.69) is 15.9 Å². The Morgan fingerprint density at radius 3 is 1.89 bits per heavy atom. The first kappa shape index (κ1) is 8.46. The molecule has 50 valence electrons. The molecule has 0 radical (unpaired) electrons. The number of rotatable bonds is 0. The lowest BCUT2D eigenvalue weighted by Crippen LogP contribution is -1.61. The maximum absolute atomic E-state index is 8.74. The van der Waals surface area contributed by atoms with Crippen LogP contribution in [0.1, 0.15) is 0 Å². The Morgan fingerprint density at radius 2 is 1.56 bits per heavy atom.